The van der Waals surface area contributed by atoms with E-state index >= 15 is 0 Å². The molecule has 0 aromatic rings. The van der Waals surface area contributed by atoms with Crippen LogP contribution in [-0.2, 0) is 95.7 Å². The van der Waals surface area contributed by atoms with Crippen molar-refractivity contribution < 1.29 is 95.7 Å². The van der Waals surface area contributed by atoms with E-state index in [4.69, 9.17) is 0 Å². The molecule has 0 rings (SSSR count). The smallest absolute Gasteiger partial charge is 2.00 e. The Morgan fingerprint density at radius 1 is 0.444 bits per heavy atom. The summed E-state index contributed by atoms with van der Waals surface area (Å²) in [6, 6.07) is 0. The second-order valence-electron chi connectivity index (χ2n) is 0. The molecule has 0 aromatic carbocycles. The van der Waals surface area contributed by atoms with Crippen LogP contribution in [0.2, 0.25) is 0 Å². The van der Waals surface area contributed by atoms with Crippen LogP contribution in [0.4, 0.5) is 0 Å². The fourth-order valence-electron chi connectivity index (χ4n) is 0. The Hall–Kier alpha value is 4.19. The van der Waals surface area contributed by atoms with Crippen molar-refractivity contribution in [3.05, 3.63) is 0 Å². The molecule has 0 heterocycles. The SMILES string of the molecule is [Bi+3].[Bi+3].[O-2].[O-2].[O-2].[V].[V].[W].[W]. The molecule has 3 nitrogen and oxygen atoms in total. The molecular formula is Bi2O3V2W2. The van der Waals surface area contributed by atoms with Gasteiger partial charge in [0, 0.05) is 79.2 Å². The number of hydrogen-bond donors (Lipinski definition) is 0. The predicted octanol–water partition coefficient (Wildman–Crippen LogP) is -1.13. The molecule has 0 fully saturated rings. The second kappa shape index (κ2) is 86.9. The van der Waals surface area contributed by atoms with E-state index in [1.807, 2.05) is 0 Å². The van der Waals surface area contributed by atoms with Crippen molar-refractivity contribution in [3.8, 4) is 0 Å². The van der Waals surface area contributed by atoms with Crippen molar-refractivity contribution in [1.82, 2.24) is 0 Å². The molecule has 0 aliphatic carbocycles. The van der Waals surface area contributed by atoms with Crippen LogP contribution in [0.5, 0.6) is 0 Å². The van der Waals surface area contributed by atoms with Crippen LogP contribution in [0.1, 0.15) is 0 Å². The Bertz CT molecular complexity index is 17.8. The summed E-state index contributed by atoms with van der Waals surface area (Å²) in [6.07, 6.45) is 0. The standard InChI is InChI=1S/2Bi.3O.2V.2W/q2*+3;3*-2;;;;. The summed E-state index contributed by atoms with van der Waals surface area (Å²) in [4.78, 5) is 0. The summed E-state index contributed by atoms with van der Waals surface area (Å²) < 4.78 is 0. The van der Waals surface area contributed by atoms with Gasteiger partial charge >= 0.3 is 52.4 Å². The van der Waals surface area contributed by atoms with E-state index in [2.05, 4.69) is 0 Å². The van der Waals surface area contributed by atoms with Gasteiger partial charge in [0.05, 0.1) is 0 Å². The van der Waals surface area contributed by atoms with Crippen molar-refractivity contribution in [2.75, 3.05) is 0 Å². The normalized spacial score (nSPS) is 0. The van der Waals surface area contributed by atoms with Gasteiger partial charge in [-0.2, -0.15) is 0 Å². The van der Waals surface area contributed by atoms with E-state index in [-0.39, 0.29) is 148 Å². The van der Waals surface area contributed by atoms with Gasteiger partial charge in [-0.1, -0.05) is 0 Å². The van der Waals surface area contributed by atoms with Crippen LogP contribution in [0.3, 0.4) is 0 Å². The van der Waals surface area contributed by atoms with Gasteiger partial charge < -0.3 is 16.4 Å². The minimum absolute atomic E-state index is 0. The van der Waals surface area contributed by atoms with Gasteiger partial charge in [-0.15, -0.1) is 0 Å². The Morgan fingerprint density at radius 2 is 0.444 bits per heavy atom. The van der Waals surface area contributed by atoms with Crippen molar-refractivity contribution in [1.29, 1.82) is 0 Å². The van der Waals surface area contributed by atoms with Crippen molar-refractivity contribution in [2.24, 2.45) is 0 Å². The van der Waals surface area contributed by atoms with Crippen molar-refractivity contribution in [3.63, 3.8) is 0 Å². The first-order chi connectivity index (χ1) is 0. The monoisotopic (exact) mass is 936 g/mol. The molecule has 0 spiro atoms. The number of rotatable bonds is 0. The molecule has 0 amide bonds. The Kier molecular flexibility index (Phi) is 1080. The zero-order valence-electron chi connectivity index (χ0n) is 3.83. The average Bonchev–Trinajstić information content (AvgIpc) is 0. The van der Waals surface area contributed by atoms with E-state index in [1.54, 1.807) is 0 Å². The fourth-order valence-corrected chi connectivity index (χ4v) is 0. The zero-order chi connectivity index (χ0) is 0. The first kappa shape index (κ1) is 112. The van der Waals surface area contributed by atoms with Gasteiger partial charge in [0.15, 0.2) is 0 Å². The third-order valence-corrected chi connectivity index (χ3v) is 0. The molecular weight excluding hydrogens is 936 g/mol. The Balaban J connectivity index is 0. The summed E-state index contributed by atoms with van der Waals surface area (Å²) in [5, 5.41) is 0. The van der Waals surface area contributed by atoms with E-state index in [9.17, 15) is 0 Å². The van der Waals surface area contributed by atoms with Gasteiger partial charge in [-0.3, -0.25) is 0 Å². The van der Waals surface area contributed by atoms with Gasteiger partial charge in [-0.05, 0) is 0 Å². The first-order valence-corrected chi connectivity index (χ1v) is 0. The molecule has 0 saturated carbocycles. The maximum atomic E-state index is 0. The molecule has 9 heteroatoms. The Labute approximate surface area is 145 Å². The molecule has 0 aliphatic heterocycles. The maximum Gasteiger partial charge on any atom is 3.00 e. The van der Waals surface area contributed by atoms with Crippen molar-refractivity contribution in [2.45, 2.75) is 0 Å². The maximum absolute atomic E-state index is 0. The van der Waals surface area contributed by atoms with E-state index in [0.29, 0.717) is 0 Å². The van der Waals surface area contributed by atoms with Crippen LogP contribution in [0.25, 0.3) is 0 Å². The van der Waals surface area contributed by atoms with E-state index in [1.165, 1.54) is 0 Å². The molecule has 0 saturated heterocycles. The molecule has 0 atom stereocenters. The molecule has 0 aromatic heterocycles. The van der Waals surface area contributed by atoms with Crippen LogP contribution in [0, 0.1) is 0 Å². The average molecular weight is 936 g/mol. The molecule has 0 aliphatic rings. The first-order valence-electron chi connectivity index (χ1n) is 0. The second-order valence-corrected chi connectivity index (χ2v) is 0. The molecule has 6 radical (unpaired) electrons. The van der Waals surface area contributed by atoms with Gasteiger partial charge in [0.25, 0.3) is 0 Å². The number of hydrogen-bond acceptors (Lipinski definition) is 0. The van der Waals surface area contributed by atoms with E-state index < -0.39 is 0 Å². The molecule has 0 N–H and O–H groups in total. The topological polar surface area (TPSA) is 85.5 Å². The largest absolute Gasteiger partial charge is 3.00 e. The quantitative estimate of drug-likeness (QED) is 0.276. The minimum Gasteiger partial charge on any atom is -2.00 e. The molecule has 0 bridgehead atoms. The zero-order valence-corrected chi connectivity index (χ0v) is 19.4. The third-order valence-electron chi connectivity index (χ3n) is 0. The summed E-state index contributed by atoms with van der Waals surface area (Å²) in [5.41, 5.74) is 0. The van der Waals surface area contributed by atoms with Crippen LogP contribution in [0.15, 0.2) is 0 Å². The summed E-state index contributed by atoms with van der Waals surface area (Å²) in [7, 11) is 0. The summed E-state index contributed by atoms with van der Waals surface area (Å²) in [5.74, 6) is 0. The Morgan fingerprint density at radius 3 is 0.444 bits per heavy atom. The van der Waals surface area contributed by atoms with Crippen LogP contribution in [-0.4, -0.2) is 52.4 Å². The summed E-state index contributed by atoms with van der Waals surface area (Å²) >= 11 is 0. The third kappa shape index (κ3) is 72.1. The fraction of sp³-hybridized carbons (Fsp3) is 0. The molecule has 0 unspecified atom stereocenters. The van der Waals surface area contributed by atoms with Crippen molar-refractivity contribution >= 4 is 52.4 Å². The minimum atomic E-state index is 0. The summed E-state index contributed by atoms with van der Waals surface area (Å²) in [6.45, 7) is 0. The van der Waals surface area contributed by atoms with Gasteiger partial charge in [-0.25, -0.2) is 0 Å². The van der Waals surface area contributed by atoms with Gasteiger partial charge in [0.1, 0.15) is 0 Å². The predicted molar refractivity (Wildman–Crippen MR) is 13.6 cm³/mol. The van der Waals surface area contributed by atoms with E-state index in [0.717, 1.165) is 0 Å². The van der Waals surface area contributed by atoms with Crippen LogP contribution < -0.4 is 0 Å². The molecule has 50 valence electrons. The molecule has 9 heavy (non-hydrogen) atoms. The van der Waals surface area contributed by atoms with Crippen LogP contribution >= 0.6 is 0 Å². The van der Waals surface area contributed by atoms with Gasteiger partial charge in [0.2, 0.25) is 0 Å².